The molecule has 0 saturated heterocycles. The molecule has 1 rings (SSSR count). The van der Waals surface area contributed by atoms with Gasteiger partial charge in [0.2, 0.25) is 5.88 Å². The van der Waals surface area contributed by atoms with Crippen LogP contribution in [-0.4, -0.2) is 18.2 Å². The molecule has 0 aromatic heterocycles. The van der Waals surface area contributed by atoms with Gasteiger partial charge in [-0.25, -0.2) is 20.0 Å². The van der Waals surface area contributed by atoms with E-state index in [0.717, 1.165) is 7.11 Å². The highest BCUT2D eigenvalue weighted by Crippen LogP contribution is 2.26. The summed E-state index contributed by atoms with van der Waals surface area (Å²) < 4.78 is 18.4. The van der Waals surface area contributed by atoms with E-state index >= 15 is 0 Å². The Balaban J connectivity index is 3.28. The van der Waals surface area contributed by atoms with Crippen molar-refractivity contribution in [3.63, 3.8) is 0 Å². The topological polar surface area (TPSA) is 102 Å². The highest BCUT2D eigenvalue weighted by Gasteiger charge is 2.21. The van der Waals surface area contributed by atoms with Crippen LogP contribution in [0.1, 0.15) is 0 Å². The number of carboxylic acids is 1. The van der Waals surface area contributed by atoms with E-state index in [1.165, 1.54) is 18.2 Å². The molecule has 0 unspecified atom stereocenters. The summed E-state index contributed by atoms with van der Waals surface area (Å²) in [5.74, 6) is 2.92. The number of methoxy groups -OCH3 is 1. The van der Waals surface area contributed by atoms with E-state index in [0.29, 0.717) is 5.01 Å². The first kappa shape index (κ1) is 14.1. The Bertz CT molecular complexity index is 507. The second-order valence-corrected chi connectivity index (χ2v) is 3.58. The Morgan fingerprint density at radius 2 is 2.17 bits per heavy atom. The molecule has 0 bridgehead atoms. The minimum absolute atomic E-state index is 0.160. The van der Waals surface area contributed by atoms with Crippen molar-refractivity contribution in [2.45, 2.75) is 0 Å². The SMILES string of the molecule is CO/C(=C(/N)C(=O)O)N(N)c1cccc(Cl)c1F. The fourth-order valence-corrected chi connectivity index (χ4v) is 1.39. The number of ether oxygens (including phenoxy) is 1. The van der Waals surface area contributed by atoms with E-state index in [4.69, 9.17) is 33.0 Å². The van der Waals surface area contributed by atoms with Crippen molar-refractivity contribution in [3.05, 3.63) is 40.6 Å². The summed E-state index contributed by atoms with van der Waals surface area (Å²) in [5.41, 5.74) is 4.46. The molecule has 0 saturated carbocycles. The standard InChI is InChI=1S/C10H11ClFN3O3/c1-18-9(8(13)10(16)17)15(14)6-4-2-3-5(11)7(6)12/h2-4H,13-14H2,1H3,(H,16,17)/b9-8+. The molecule has 0 spiro atoms. The van der Waals surface area contributed by atoms with Gasteiger partial charge in [-0.2, -0.15) is 0 Å². The molecule has 0 atom stereocenters. The van der Waals surface area contributed by atoms with Gasteiger partial charge < -0.3 is 15.6 Å². The number of benzene rings is 1. The summed E-state index contributed by atoms with van der Waals surface area (Å²) in [4.78, 5) is 10.7. The average Bonchev–Trinajstić information content (AvgIpc) is 2.33. The van der Waals surface area contributed by atoms with Crippen molar-refractivity contribution >= 4 is 23.3 Å². The zero-order valence-corrected chi connectivity index (χ0v) is 10.1. The van der Waals surface area contributed by atoms with E-state index < -0.39 is 23.4 Å². The molecule has 1 aromatic rings. The molecule has 6 nitrogen and oxygen atoms in total. The molecule has 8 heteroatoms. The Hall–Kier alpha value is -1.99. The van der Waals surface area contributed by atoms with E-state index in [1.54, 1.807) is 0 Å². The lowest BCUT2D eigenvalue weighted by atomic mass is 10.3. The summed E-state index contributed by atoms with van der Waals surface area (Å²) in [6, 6.07) is 4.07. The number of carboxylic acid groups (broad SMARTS) is 1. The minimum atomic E-state index is -1.44. The number of rotatable bonds is 4. The molecule has 0 radical (unpaired) electrons. The van der Waals surface area contributed by atoms with Gasteiger partial charge in [0.1, 0.15) is 0 Å². The number of hydrazine groups is 1. The first-order valence-corrected chi connectivity index (χ1v) is 5.03. The first-order valence-electron chi connectivity index (χ1n) is 4.66. The fraction of sp³-hybridized carbons (Fsp3) is 0.100. The summed E-state index contributed by atoms with van der Waals surface area (Å²) in [7, 11) is 1.16. The second kappa shape index (κ2) is 5.56. The Kier molecular flexibility index (Phi) is 4.35. The van der Waals surface area contributed by atoms with Crippen molar-refractivity contribution in [3.8, 4) is 0 Å². The smallest absolute Gasteiger partial charge is 0.357 e. The maximum atomic E-state index is 13.7. The lowest BCUT2D eigenvalue weighted by Gasteiger charge is -2.21. The molecule has 0 aliphatic rings. The zero-order chi connectivity index (χ0) is 13.9. The van der Waals surface area contributed by atoms with Gasteiger partial charge in [0.05, 0.1) is 17.8 Å². The zero-order valence-electron chi connectivity index (χ0n) is 9.35. The number of aliphatic carboxylic acids is 1. The lowest BCUT2D eigenvalue weighted by molar-refractivity contribution is -0.133. The number of hydrogen-bond acceptors (Lipinski definition) is 5. The number of halogens is 2. The highest BCUT2D eigenvalue weighted by molar-refractivity contribution is 6.31. The highest BCUT2D eigenvalue weighted by atomic mass is 35.5. The molecular formula is C10H11ClFN3O3. The van der Waals surface area contributed by atoms with Crippen molar-refractivity contribution in [1.82, 2.24) is 0 Å². The molecule has 0 fully saturated rings. The summed E-state index contributed by atoms with van der Waals surface area (Å²) in [5, 5.41) is 9.25. The molecule has 0 aliphatic carbocycles. The lowest BCUT2D eigenvalue weighted by Crippen LogP contribution is -2.35. The van der Waals surface area contributed by atoms with Crippen LogP contribution in [0.25, 0.3) is 0 Å². The average molecular weight is 276 g/mol. The van der Waals surface area contributed by atoms with Crippen LogP contribution in [0, 0.1) is 5.82 Å². The maximum absolute atomic E-state index is 13.7. The molecular weight excluding hydrogens is 265 g/mol. The number of nitrogens with zero attached hydrogens (tertiary/aromatic N) is 1. The third kappa shape index (κ3) is 2.63. The predicted molar refractivity (Wildman–Crippen MR) is 63.9 cm³/mol. The van der Waals surface area contributed by atoms with Crippen molar-refractivity contribution in [2.24, 2.45) is 11.6 Å². The number of hydrogen-bond donors (Lipinski definition) is 3. The van der Waals surface area contributed by atoms with Crippen LogP contribution < -0.4 is 16.6 Å². The largest absolute Gasteiger partial charge is 0.480 e. The Morgan fingerprint density at radius 3 is 2.67 bits per heavy atom. The second-order valence-electron chi connectivity index (χ2n) is 3.17. The van der Waals surface area contributed by atoms with Gasteiger partial charge >= 0.3 is 5.97 Å². The van der Waals surface area contributed by atoms with Crippen LogP contribution >= 0.6 is 11.6 Å². The molecule has 18 heavy (non-hydrogen) atoms. The first-order chi connectivity index (χ1) is 8.40. The third-order valence-corrected chi connectivity index (χ3v) is 2.36. The molecule has 98 valence electrons. The Labute approximate surface area is 107 Å². The van der Waals surface area contributed by atoms with Crippen LogP contribution in [0.5, 0.6) is 0 Å². The van der Waals surface area contributed by atoms with E-state index in [1.807, 2.05) is 0 Å². The number of carbonyl (C=O) groups is 1. The van der Waals surface area contributed by atoms with E-state index in [9.17, 15) is 9.18 Å². The van der Waals surface area contributed by atoms with Crippen molar-refractivity contribution in [2.75, 3.05) is 12.1 Å². The molecule has 1 aromatic carbocycles. The van der Waals surface area contributed by atoms with Crippen LogP contribution in [-0.2, 0) is 9.53 Å². The van der Waals surface area contributed by atoms with Crippen molar-refractivity contribution in [1.29, 1.82) is 0 Å². The summed E-state index contributed by atoms with van der Waals surface area (Å²) in [6.45, 7) is 0. The summed E-state index contributed by atoms with van der Waals surface area (Å²) >= 11 is 5.59. The molecule has 5 N–H and O–H groups in total. The van der Waals surface area contributed by atoms with Crippen LogP contribution in [0.2, 0.25) is 5.02 Å². The number of nitrogens with two attached hydrogens (primary N) is 2. The van der Waals surface area contributed by atoms with E-state index in [-0.39, 0.29) is 10.7 Å². The maximum Gasteiger partial charge on any atom is 0.357 e. The number of anilines is 1. The van der Waals surface area contributed by atoms with E-state index in [2.05, 4.69) is 0 Å². The summed E-state index contributed by atoms with van der Waals surface area (Å²) in [6.07, 6.45) is 0. The quantitative estimate of drug-likeness (QED) is 0.328. The molecule has 0 amide bonds. The van der Waals surface area contributed by atoms with Gasteiger partial charge in [-0.1, -0.05) is 17.7 Å². The predicted octanol–water partition coefficient (Wildman–Crippen LogP) is 1.02. The van der Waals surface area contributed by atoms with Gasteiger partial charge in [0, 0.05) is 0 Å². The van der Waals surface area contributed by atoms with Crippen LogP contribution in [0.4, 0.5) is 10.1 Å². The van der Waals surface area contributed by atoms with Gasteiger partial charge in [-0.05, 0) is 12.1 Å². The van der Waals surface area contributed by atoms with Gasteiger partial charge in [0.15, 0.2) is 11.5 Å². The van der Waals surface area contributed by atoms with Crippen molar-refractivity contribution < 1.29 is 19.0 Å². The fourth-order valence-electron chi connectivity index (χ4n) is 1.22. The van der Waals surface area contributed by atoms with Gasteiger partial charge in [-0.3, -0.25) is 0 Å². The van der Waals surface area contributed by atoms with Gasteiger partial charge in [-0.15, -0.1) is 0 Å². The van der Waals surface area contributed by atoms with Crippen LogP contribution in [0.15, 0.2) is 29.8 Å². The molecule has 0 aliphatic heterocycles. The van der Waals surface area contributed by atoms with Crippen LogP contribution in [0.3, 0.4) is 0 Å². The normalized spacial score (nSPS) is 11.8. The van der Waals surface area contributed by atoms with Gasteiger partial charge in [0.25, 0.3) is 0 Å². The molecule has 0 heterocycles. The Morgan fingerprint density at radius 1 is 1.56 bits per heavy atom. The minimum Gasteiger partial charge on any atom is -0.480 e. The third-order valence-electron chi connectivity index (χ3n) is 2.06. The monoisotopic (exact) mass is 275 g/mol.